The number of hydrogen-bond acceptors (Lipinski definition) is 5. The van der Waals surface area contributed by atoms with Gasteiger partial charge in [0.15, 0.2) is 0 Å². The third kappa shape index (κ3) is 5.90. The van der Waals surface area contributed by atoms with Crippen LogP contribution in [0.1, 0.15) is 53.3 Å². The molecule has 0 fully saturated rings. The third-order valence-corrected chi connectivity index (χ3v) is 4.12. The van der Waals surface area contributed by atoms with Gasteiger partial charge in [-0.3, -0.25) is 14.4 Å². The summed E-state index contributed by atoms with van der Waals surface area (Å²) in [4.78, 5) is 36.4. The van der Waals surface area contributed by atoms with Gasteiger partial charge >= 0.3 is 0 Å². The van der Waals surface area contributed by atoms with Crippen LogP contribution in [-0.4, -0.2) is 29.1 Å². The number of Topliss-reactive ketones (excluding diaryl/α,β-unsaturated/α-hetero) is 1. The highest BCUT2D eigenvalue weighted by atomic mass is 16.5. The lowest BCUT2D eigenvalue weighted by Gasteiger charge is -2.09. The number of hydrogen-bond donors (Lipinski definition) is 1. The van der Waals surface area contributed by atoms with Crippen LogP contribution in [0.2, 0.25) is 0 Å². The predicted molar refractivity (Wildman–Crippen MR) is 108 cm³/mol. The average Bonchev–Trinajstić information content (AvgIpc) is 2.70. The number of aryl methyl sites for hydroxylation is 1. The van der Waals surface area contributed by atoms with Crippen LogP contribution in [-0.2, 0) is 7.05 Å². The van der Waals surface area contributed by atoms with E-state index in [0.717, 1.165) is 31.9 Å². The smallest absolute Gasteiger partial charge is 0.276 e. The van der Waals surface area contributed by atoms with Gasteiger partial charge in [-0.2, -0.15) is 5.10 Å². The van der Waals surface area contributed by atoms with Crippen LogP contribution in [0.4, 0.5) is 0 Å². The van der Waals surface area contributed by atoms with E-state index in [-0.39, 0.29) is 5.56 Å². The van der Waals surface area contributed by atoms with Gasteiger partial charge in [-0.05, 0) is 30.7 Å². The molecule has 0 aliphatic rings. The number of hydrazone groups is 1. The Morgan fingerprint density at radius 3 is 2.64 bits per heavy atom. The van der Waals surface area contributed by atoms with Crippen LogP contribution >= 0.6 is 0 Å². The zero-order valence-corrected chi connectivity index (χ0v) is 16.2. The van der Waals surface area contributed by atoms with Crippen molar-refractivity contribution in [2.75, 3.05) is 6.61 Å². The number of nitrogens with zero attached hydrogens (tertiary/aromatic N) is 2. The molecular formula is C21H25N3O4. The molecule has 7 heteroatoms. The highest BCUT2D eigenvalue weighted by molar-refractivity contribution is 6.36. The summed E-state index contributed by atoms with van der Waals surface area (Å²) in [7, 11) is 1.55. The van der Waals surface area contributed by atoms with Crippen molar-refractivity contribution >= 4 is 17.9 Å². The molecule has 0 saturated carbocycles. The van der Waals surface area contributed by atoms with Gasteiger partial charge in [-0.1, -0.05) is 38.3 Å². The fraction of sp³-hybridized carbons (Fsp3) is 0.333. The Hall–Kier alpha value is -3.22. The zero-order chi connectivity index (χ0) is 20.4. The van der Waals surface area contributed by atoms with E-state index in [1.165, 1.54) is 10.6 Å². The van der Waals surface area contributed by atoms with Crippen LogP contribution < -0.4 is 15.7 Å². The molecule has 2 rings (SSSR count). The van der Waals surface area contributed by atoms with Crippen molar-refractivity contribution in [3.05, 3.63) is 64.1 Å². The van der Waals surface area contributed by atoms with Crippen LogP contribution in [0.15, 0.2) is 52.5 Å². The summed E-state index contributed by atoms with van der Waals surface area (Å²) in [5.74, 6) is -0.588. The van der Waals surface area contributed by atoms with E-state index >= 15 is 0 Å². The molecule has 7 nitrogen and oxygen atoms in total. The van der Waals surface area contributed by atoms with Crippen molar-refractivity contribution in [1.82, 2.24) is 9.99 Å². The van der Waals surface area contributed by atoms with Crippen molar-refractivity contribution in [3.63, 3.8) is 0 Å². The normalized spacial score (nSPS) is 10.8. The molecule has 1 heterocycles. The first-order valence-corrected chi connectivity index (χ1v) is 9.29. The quantitative estimate of drug-likeness (QED) is 0.296. The number of para-hydroxylation sites is 1. The minimum atomic E-state index is -0.675. The van der Waals surface area contributed by atoms with E-state index in [0.29, 0.717) is 17.9 Å². The number of ketones is 1. The number of benzene rings is 1. The second-order valence-corrected chi connectivity index (χ2v) is 6.31. The van der Waals surface area contributed by atoms with Crippen LogP contribution in [0, 0.1) is 0 Å². The molecular weight excluding hydrogens is 358 g/mol. The minimum Gasteiger partial charge on any atom is -0.493 e. The second kappa shape index (κ2) is 10.8. The number of carbonyl (C=O) groups is 2. The maximum absolute atomic E-state index is 12.4. The third-order valence-electron chi connectivity index (χ3n) is 4.12. The molecule has 0 radical (unpaired) electrons. The van der Waals surface area contributed by atoms with E-state index in [1.54, 1.807) is 43.6 Å². The number of nitrogens with one attached hydrogen (secondary N) is 1. The summed E-state index contributed by atoms with van der Waals surface area (Å²) in [6.07, 6.45) is 6.86. The summed E-state index contributed by atoms with van der Waals surface area (Å²) in [6.45, 7) is 2.68. The largest absolute Gasteiger partial charge is 0.493 e. The first-order valence-electron chi connectivity index (χ1n) is 9.29. The highest BCUT2D eigenvalue weighted by Crippen LogP contribution is 2.18. The number of unbranched alkanes of at least 4 members (excludes halogenated alkanes) is 3. The summed E-state index contributed by atoms with van der Waals surface area (Å²) in [6, 6.07) is 9.88. The molecule has 1 amide bonds. The Kier molecular flexibility index (Phi) is 8.14. The van der Waals surface area contributed by atoms with Crippen LogP contribution in [0.25, 0.3) is 0 Å². The van der Waals surface area contributed by atoms with Gasteiger partial charge in [-0.15, -0.1) is 0 Å². The summed E-state index contributed by atoms with van der Waals surface area (Å²) >= 11 is 0. The molecule has 0 spiro atoms. The lowest BCUT2D eigenvalue weighted by atomic mass is 10.1. The van der Waals surface area contributed by atoms with E-state index in [4.69, 9.17) is 4.74 Å². The first kappa shape index (κ1) is 21.1. The van der Waals surface area contributed by atoms with Gasteiger partial charge in [0, 0.05) is 13.2 Å². The standard InChI is InChI=1S/C21H25N3O4/c1-3-4-5-8-14-28-19-12-7-6-10-16(19)18(25)15-22-23-20(26)17-11-9-13-24(2)21(17)27/h6-7,9-13,15H,3-5,8,14H2,1-2H3,(H,23,26)/b22-15-. The molecule has 1 aromatic heterocycles. The van der Waals surface area contributed by atoms with E-state index < -0.39 is 17.2 Å². The van der Waals surface area contributed by atoms with Gasteiger partial charge in [-0.25, -0.2) is 5.43 Å². The zero-order valence-electron chi connectivity index (χ0n) is 16.2. The predicted octanol–water partition coefficient (Wildman–Crippen LogP) is 2.94. The lowest BCUT2D eigenvalue weighted by molar-refractivity contribution is 0.0953. The Bertz CT molecular complexity index is 903. The molecule has 0 saturated heterocycles. The topological polar surface area (TPSA) is 89.8 Å². The number of ether oxygens (including phenoxy) is 1. The second-order valence-electron chi connectivity index (χ2n) is 6.31. The van der Waals surface area contributed by atoms with E-state index in [9.17, 15) is 14.4 Å². The van der Waals surface area contributed by atoms with Gasteiger partial charge in [0.25, 0.3) is 11.5 Å². The molecule has 1 aromatic carbocycles. The first-order chi connectivity index (χ1) is 13.5. The van der Waals surface area contributed by atoms with Crippen molar-refractivity contribution in [1.29, 1.82) is 0 Å². The average molecular weight is 383 g/mol. The molecule has 0 bridgehead atoms. The van der Waals surface area contributed by atoms with E-state index in [1.807, 2.05) is 0 Å². The lowest BCUT2D eigenvalue weighted by Crippen LogP contribution is -2.29. The van der Waals surface area contributed by atoms with Crippen LogP contribution in [0.3, 0.4) is 0 Å². The number of pyridine rings is 1. The Labute approximate surface area is 164 Å². The minimum absolute atomic E-state index is 0.0505. The number of rotatable bonds is 10. The fourth-order valence-electron chi connectivity index (χ4n) is 2.56. The molecule has 28 heavy (non-hydrogen) atoms. The van der Waals surface area contributed by atoms with Gasteiger partial charge < -0.3 is 9.30 Å². The Balaban J connectivity index is 1.97. The van der Waals surface area contributed by atoms with Crippen molar-refractivity contribution in [2.24, 2.45) is 12.1 Å². The molecule has 2 aromatic rings. The van der Waals surface area contributed by atoms with Gasteiger partial charge in [0.2, 0.25) is 5.78 Å². The number of carbonyl (C=O) groups excluding carboxylic acids is 2. The van der Waals surface area contributed by atoms with Gasteiger partial charge in [0.1, 0.15) is 11.3 Å². The maximum Gasteiger partial charge on any atom is 0.276 e. The van der Waals surface area contributed by atoms with E-state index in [2.05, 4.69) is 17.5 Å². The Morgan fingerprint density at radius 1 is 1.11 bits per heavy atom. The number of aromatic nitrogens is 1. The maximum atomic E-state index is 12.4. The molecule has 148 valence electrons. The molecule has 0 aliphatic carbocycles. The Morgan fingerprint density at radius 2 is 1.86 bits per heavy atom. The molecule has 1 N–H and O–H groups in total. The van der Waals surface area contributed by atoms with Gasteiger partial charge in [0.05, 0.1) is 18.4 Å². The fourth-order valence-corrected chi connectivity index (χ4v) is 2.56. The summed E-state index contributed by atoms with van der Waals surface area (Å²) < 4.78 is 7.01. The van der Waals surface area contributed by atoms with Crippen molar-refractivity contribution in [3.8, 4) is 5.75 Å². The molecule has 0 atom stereocenters. The highest BCUT2D eigenvalue weighted by Gasteiger charge is 2.12. The van der Waals surface area contributed by atoms with Crippen molar-refractivity contribution < 1.29 is 14.3 Å². The summed E-state index contributed by atoms with van der Waals surface area (Å²) in [5, 5.41) is 3.68. The number of amides is 1. The van der Waals surface area contributed by atoms with Crippen molar-refractivity contribution in [2.45, 2.75) is 32.6 Å². The van der Waals surface area contributed by atoms with Crippen LogP contribution in [0.5, 0.6) is 5.75 Å². The SMILES string of the molecule is CCCCCCOc1ccccc1C(=O)/C=N\NC(=O)c1cccn(C)c1=O. The summed E-state index contributed by atoms with van der Waals surface area (Å²) in [5.41, 5.74) is 2.08. The molecule has 0 unspecified atom stereocenters. The molecule has 0 aliphatic heterocycles. The monoisotopic (exact) mass is 383 g/mol.